The number of nitrogens with zero attached hydrogens (tertiary/aromatic N) is 4. The van der Waals surface area contributed by atoms with Gasteiger partial charge in [0.1, 0.15) is 5.82 Å². The molecule has 88 valence electrons. The summed E-state index contributed by atoms with van der Waals surface area (Å²) in [7, 11) is 1.72. The Bertz CT molecular complexity index is 566. The molecule has 0 spiro atoms. The molecule has 0 fully saturated rings. The van der Waals surface area contributed by atoms with Gasteiger partial charge in [-0.15, -0.1) is 0 Å². The largest absolute Gasteiger partial charge is 0.435 e. The van der Waals surface area contributed by atoms with E-state index in [4.69, 9.17) is 10.5 Å². The second-order valence-corrected chi connectivity index (χ2v) is 3.30. The Balaban J connectivity index is 2.29. The van der Waals surface area contributed by atoms with Gasteiger partial charge in [0.05, 0.1) is 29.4 Å². The van der Waals surface area contributed by atoms with Gasteiger partial charge in [-0.3, -0.25) is 14.8 Å². The number of anilines is 1. The maximum absolute atomic E-state index is 10.6. The van der Waals surface area contributed by atoms with E-state index in [1.807, 2.05) is 0 Å². The van der Waals surface area contributed by atoms with Crippen LogP contribution < -0.4 is 10.5 Å². The van der Waals surface area contributed by atoms with Crippen molar-refractivity contribution < 1.29 is 9.66 Å². The topological polar surface area (TPSA) is 109 Å². The summed E-state index contributed by atoms with van der Waals surface area (Å²) in [6, 6.07) is 2.36. The molecule has 2 aromatic heterocycles. The van der Waals surface area contributed by atoms with E-state index in [0.717, 1.165) is 6.07 Å². The molecule has 0 aliphatic carbocycles. The van der Waals surface area contributed by atoms with Crippen molar-refractivity contribution in [1.82, 2.24) is 14.8 Å². The second-order valence-electron chi connectivity index (χ2n) is 3.30. The molecule has 2 rings (SSSR count). The molecule has 8 heteroatoms. The van der Waals surface area contributed by atoms with Crippen LogP contribution in [0, 0.1) is 10.1 Å². The minimum absolute atomic E-state index is 0.0260. The first-order valence-electron chi connectivity index (χ1n) is 4.63. The monoisotopic (exact) mass is 235 g/mol. The summed E-state index contributed by atoms with van der Waals surface area (Å²) in [5, 5.41) is 14.5. The van der Waals surface area contributed by atoms with Gasteiger partial charge in [-0.25, -0.2) is 0 Å². The minimum Gasteiger partial charge on any atom is -0.435 e. The van der Waals surface area contributed by atoms with E-state index >= 15 is 0 Å². The highest BCUT2D eigenvalue weighted by atomic mass is 16.6. The van der Waals surface area contributed by atoms with Crippen molar-refractivity contribution in [3.05, 3.63) is 34.6 Å². The number of nitrogens with two attached hydrogens (primary N) is 1. The molecule has 8 nitrogen and oxygen atoms in total. The molecular weight excluding hydrogens is 226 g/mol. The van der Waals surface area contributed by atoms with Crippen LogP contribution in [0.2, 0.25) is 0 Å². The standard InChI is InChI=1S/C9H9N5O3/c1-13-5-7(4-11-13)17-9-3-6(14(15)16)2-8(10)12-9/h2-5H,1H3,(H2,10,12). The number of ether oxygens (including phenoxy) is 1. The lowest BCUT2D eigenvalue weighted by molar-refractivity contribution is -0.384. The fraction of sp³-hybridized carbons (Fsp3) is 0.111. The number of nitro groups is 1. The zero-order valence-electron chi connectivity index (χ0n) is 8.90. The lowest BCUT2D eigenvalue weighted by Crippen LogP contribution is -1.97. The average Bonchev–Trinajstić information content (AvgIpc) is 2.63. The molecule has 0 bridgehead atoms. The summed E-state index contributed by atoms with van der Waals surface area (Å²) in [6.45, 7) is 0. The molecule has 2 N–H and O–H groups in total. The lowest BCUT2D eigenvalue weighted by atomic mass is 10.4. The molecule has 0 aromatic carbocycles. The highest BCUT2D eigenvalue weighted by Crippen LogP contribution is 2.24. The number of nitrogen functional groups attached to an aromatic ring is 1. The zero-order valence-corrected chi connectivity index (χ0v) is 8.90. The number of aromatic nitrogens is 3. The van der Waals surface area contributed by atoms with Crippen molar-refractivity contribution >= 4 is 11.5 Å². The number of pyridine rings is 1. The van der Waals surface area contributed by atoms with Gasteiger partial charge in [0.25, 0.3) is 5.69 Å². The lowest BCUT2D eigenvalue weighted by Gasteiger charge is -2.02. The summed E-state index contributed by atoms with van der Waals surface area (Å²) in [4.78, 5) is 13.9. The smallest absolute Gasteiger partial charge is 0.278 e. The molecule has 2 aromatic rings. The Morgan fingerprint density at radius 1 is 1.53 bits per heavy atom. The third kappa shape index (κ3) is 2.48. The van der Waals surface area contributed by atoms with Crippen molar-refractivity contribution in [3.8, 4) is 11.6 Å². The van der Waals surface area contributed by atoms with Crippen LogP contribution in [0.1, 0.15) is 0 Å². The zero-order chi connectivity index (χ0) is 12.4. The molecule has 0 unspecified atom stereocenters. The van der Waals surface area contributed by atoms with E-state index in [9.17, 15) is 10.1 Å². The van der Waals surface area contributed by atoms with Crippen molar-refractivity contribution in [2.75, 3.05) is 5.73 Å². The molecule has 0 atom stereocenters. The summed E-state index contributed by atoms with van der Waals surface area (Å²) in [6.07, 6.45) is 3.08. The fourth-order valence-electron chi connectivity index (χ4n) is 1.24. The molecule has 0 saturated carbocycles. The van der Waals surface area contributed by atoms with Crippen LogP contribution in [-0.2, 0) is 7.05 Å². The highest BCUT2D eigenvalue weighted by Gasteiger charge is 2.11. The molecule has 2 heterocycles. The molecular formula is C9H9N5O3. The number of aryl methyl sites for hydroxylation is 1. The second kappa shape index (κ2) is 4.08. The highest BCUT2D eigenvalue weighted by molar-refractivity contribution is 5.46. The van der Waals surface area contributed by atoms with E-state index in [2.05, 4.69) is 10.1 Å². The Morgan fingerprint density at radius 2 is 2.29 bits per heavy atom. The molecule has 0 aliphatic heterocycles. The number of hydrogen-bond donors (Lipinski definition) is 1. The number of hydrogen-bond acceptors (Lipinski definition) is 6. The minimum atomic E-state index is -0.561. The summed E-state index contributed by atoms with van der Waals surface area (Å²) in [5.41, 5.74) is 5.27. The van der Waals surface area contributed by atoms with E-state index in [1.165, 1.54) is 16.9 Å². The van der Waals surface area contributed by atoms with Gasteiger partial charge in [-0.2, -0.15) is 10.1 Å². The van der Waals surface area contributed by atoms with Gasteiger partial charge in [0.2, 0.25) is 5.88 Å². The molecule has 17 heavy (non-hydrogen) atoms. The van der Waals surface area contributed by atoms with Gasteiger partial charge in [0.15, 0.2) is 5.75 Å². The van der Waals surface area contributed by atoms with Crippen molar-refractivity contribution in [2.24, 2.45) is 7.05 Å². The van der Waals surface area contributed by atoms with Crippen LogP contribution >= 0.6 is 0 Å². The first-order chi connectivity index (χ1) is 8.04. The Hall–Kier alpha value is -2.64. The van der Waals surface area contributed by atoms with Crippen LogP contribution in [0.4, 0.5) is 11.5 Å². The Kier molecular flexibility index (Phi) is 2.61. The van der Waals surface area contributed by atoms with Gasteiger partial charge in [0, 0.05) is 7.05 Å². The average molecular weight is 235 g/mol. The Morgan fingerprint density at radius 3 is 2.88 bits per heavy atom. The van der Waals surface area contributed by atoms with Crippen molar-refractivity contribution in [1.29, 1.82) is 0 Å². The molecule has 0 amide bonds. The predicted molar refractivity (Wildman–Crippen MR) is 58.6 cm³/mol. The van der Waals surface area contributed by atoms with Crippen LogP contribution in [0.15, 0.2) is 24.5 Å². The first kappa shape index (κ1) is 10.9. The van der Waals surface area contributed by atoms with Gasteiger partial charge in [-0.05, 0) is 0 Å². The molecule has 0 saturated heterocycles. The van der Waals surface area contributed by atoms with Crippen LogP contribution in [0.3, 0.4) is 0 Å². The maximum Gasteiger partial charge on any atom is 0.278 e. The summed E-state index contributed by atoms with van der Waals surface area (Å²) >= 11 is 0. The maximum atomic E-state index is 10.6. The quantitative estimate of drug-likeness (QED) is 0.630. The summed E-state index contributed by atoms with van der Waals surface area (Å²) < 4.78 is 6.83. The fourth-order valence-corrected chi connectivity index (χ4v) is 1.24. The van der Waals surface area contributed by atoms with Crippen molar-refractivity contribution in [3.63, 3.8) is 0 Å². The van der Waals surface area contributed by atoms with Gasteiger partial charge >= 0.3 is 0 Å². The van der Waals surface area contributed by atoms with E-state index in [0.29, 0.717) is 5.75 Å². The third-order valence-corrected chi connectivity index (χ3v) is 1.92. The van der Waals surface area contributed by atoms with E-state index < -0.39 is 4.92 Å². The summed E-state index contributed by atoms with van der Waals surface area (Å²) in [5.74, 6) is 0.516. The van der Waals surface area contributed by atoms with E-state index in [1.54, 1.807) is 13.2 Å². The molecule has 0 radical (unpaired) electrons. The SMILES string of the molecule is Cn1cc(Oc2cc([N+](=O)[O-])cc(N)n2)cn1. The Labute approximate surface area is 95.8 Å². The van der Waals surface area contributed by atoms with E-state index in [-0.39, 0.29) is 17.4 Å². The van der Waals surface area contributed by atoms with Crippen molar-refractivity contribution in [2.45, 2.75) is 0 Å². The normalized spacial score (nSPS) is 10.2. The molecule has 0 aliphatic rings. The first-order valence-corrected chi connectivity index (χ1v) is 4.63. The van der Waals surface area contributed by atoms with Gasteiger partial charge in [-0.1, -0.05) is 0 Å². The van der Waals surface area contributed by atoms with Crippen LogP contribution in [0.5, 0.6) is 11.6 Å². The third-order valence-electron chi connectivity index (χ3n) is 1.92. The van der Waals surface area contributed by atoms with Gasteiger partial charge < -0.3 is 10.5 Å². The van der Waals surface area contributed by atoms with Crippen LogP contribution in [0.25, 0.3) is 0 Å². The predicted octanol–water partition coefficient (Wildman–Crippen LogP) is 1.10. The van der Waals surface area contributed by atoms with Crippen LogP contribution in [-0.4, -0.2) is 19.7 Å². The number of rotatable bonds is 3.